The van der Waals surface area contributed by atoms with Crippen molar-refractivity contribution in [1.29, 1.82) is 0 Å². The molecule has 0 aromatic carbocycles. The van der Waals surface area contributed by atoms with Crippen molar-refractivity contribution >= 4 is 12.2 Å². The van der Waals surface area contributed by atoms with E-state index in [1.54, 1.807) is 11.1 Å². The molecule has 56 valence electrons. The van der Waals surface area contributed by atoms with E-state index in [-0.39, 0.29) is 12.1 Å². The molecule has 2 amide bonds. The van der Waals surface area contributed by atoms with Crippen LogP contribution in [0.15, 0.2) is 4.99 Å². The van der Waals surface area contributed by atoms with Gasteiger partial charge in [-0.15, -0.1) is 0 Å². The summed E-state index contributed by atoms with van der Waals surface area (Å²) in [6, 6.07) is 0.186. The van der Waals surface area contributed by atoms with Crippen molar-refractivity contribution in [3.8, 4) is 0 Å². The maximum atomic E-state index is 11.0. The van der Waals surface area contributed by atoms with Crippen LogP contribution in [0.1, 0.15) is 20.3 Å². The van der Waals surface area contributed by atoms with Crippen LogP contribution in [-0.4, -0.2) is 29.7 Å². The highest BCUT2D eigenvalue weighted by molar-refractivity contribution is 5.86. The van der Waals surface area contributed by atoms with Gasteiger partial charge in [0.1, 0.15) is 0 Å². The Balaban J connectivity index is 2.61. The highest BCUT2D eigenvalue weighted by Gasteiger charge is 2.16. The van der Waals surface area contributed by atoms with Gasteiger partial charge in [0.2, 0.25) is 0 Å². The Morgan fingerprint density at radius 3 is 2.80 bits per heavy atom. The van der Waals surface area contributed by atoms with Gasteiger partial charge in [-0.05, 0) is 13.8 Å². The number of carbonyl (C=O) groups excluding carboxylic acids is 1. The number of hydrogen-bond donors (Lipinski definition) is 0. The van der Waals surface area contributed by atoms with E-state index >= 15 is 0 Å². The second kappa shape index (κ2) is 2.82. The first-order valence-electron chi connectivity index (χ1n) is 3.55. The lowest BCUT2D eigenvalue weighted by atomic mass is 10.3. The zero-order chi connectivity index (χ0) is 7.56. The van der Waals surface area contributed by atoms with Crippen molar-refractivity contribution in [3.05, 3.63) is 0 Å². The Kier molecular flexibility index (Phi) is 2.04. The molecule has 1 aliphatic rings. The van der Waals surface area contributed by atoms with Crippen molar-refractivity contribution in [2.45, 2.75) is 26.3 Å². The number of aliphatic imine (C=N–C) groups is 1. The molecule has 0 saturated heterocycles. The van der Waals surface area contributed by atoms with Crippen molar-refractivity contribution < 1.29 is 4.79 Å². The maximum absolute atomic E-state index is 11.0. The molecule has 0 atom stereocenters. The summed E-state index contributed by atoms with van der Waals surface area (Å²) in [6.07, 6.45) is 2.57. The Hall–Kier alpha value is -0.860. The maximum Gasteiger partial charge on any atom is 0.343 e. The molecule has 1 heterocycles. The lowest BCUT2D eigenvalue weighted by Crippen LogP contribution is -2.38. The Morgan fingerprint density at radius 2 is 2.40 bits per heavy atom. The molecule has 0 spiro atoms. The first-order valence-corrected chi connectivity index (χ1v) is 3.55. The summed E-state index contributed by atoms with van der Waals surface area (Å²) in [7, 11) is 0. The van der Waals surface area contributed by atoms with Gasteiger partial charge in [0, 0.05) is 25.2 Å². The van der Waals surface area contributed by atoms with Crippen molar-refractivity contribution in [1.82, 2.24) is 4.90 Å². The summed E-state index contributed by atoms with van der Waals surface area (Å²) in [5.41, 5.74) is 0. The number of urea groups is 1. The smallest absolute Gasteiger partial charge is 0.320 e. The zero-order valence-corrected chi connectivity index (χ0v) is 6.37. The monoisotopic (exact) mass is 140 g/mol. The summed E-state index contributed by atoms with van der Waals surface area (Å²) in [6.45, 7) is 4.82. The number of amides is 2. The molecule has 0 saturated carbocycles. The fourth-order valence-corrected chi connectivity index (χ4v) is 0.988. The van der Waals surface area contributed by atoms with Crippen LogP contribution in [0.25, 0.3) is 0 Å². The molecule has 1 rings (SSSR count). The van der Waals surface area contributed by atoms with Gasteiger partial charge in [-0.25, -0.2) is 9.79 Å². The van der Waals surface area contributed by atoms with E-state index < -0.39 is 0 Å². The van der Waals surface area contributed by atoms with E-state index in [9.17, 15) is 4.79 Å². The van der Waals surface area contributed by atoms with Crippen molar-refractivity contribution in [3.63, 3.8) is 0 Å². The van der Waals surface area contributed by atoms with Crippen LogP contribution in [0.4, 0.5) is 4.79 Å². The average molecular weight is 140 g/mol. The minimum atomic E-state index is -0.0961. The van der Waals surface area contributed by atoms with E-state index in [4.69, 9.17) is 0 Å². The van der Waals surface area contributed by atoms with Gasteiger partial charge in [-0.3, -0.25) is 0 Å². The van der Waals surface area contributed by atoms with Crippen molar-refractivity contribution in [2.24, 2.45) is 4.99 Å². The molecule has 0 aromatic rings. The summed E-state index contributed by atoms with van der Waals surface area (Å²) in [5.74, 6) is 0. The molecule has 3 nitrogen and oxygen atoms in total. The summed E-state index contributed by atoms with van der Waals surface area (Å²) < 4.78 is 0. The predicted molar refractivity (Wildman–Crippen MR) is 40.3 cm³/mol. The van der Waals surface area contributed by atoms with Gasteiger partial charge >= 0.3 is 6.03 Å². The topological polar surface area (TPSA) is 32.7 Å². The fraction of sp³-hybridized carbons (Fsp3) is 0.714. The van der Waals surface area contributed by atoms with Gasteiger partial charge in [-0.2, -0.15) is 0 Å². The van der Waals surface area contributed by atoms with Crippen molar-refractivity contribution in [2.75, 3.05) is 6.54 Å². The first kappa shape index (κ1) is 7.25. The third kappa shape index (κ3) is 1.35. The number of nitrogens with zero attached hydrogens (tertiary/aromatic N) is 2. The Bertz CT molecular complexity index is 163. The molecule has 0 N–H and O–H groups in total. The van der Waals surface area contributed by atoms with E-state index in [0.717, 1.165) is 13.0 Å². The van der Waals surface area contributed by atoms with Crippen LogP contribution in [0.3, 0.4) is 0 Å². The van der Waals surface area contributed by atoms with Crippen LogP contribution >= 0.6 is 0 Å². The van der Waals surface area contributed by atoms with Gasteiger partial charge in [0.05, 0.1) is 0 Å². The summed E-state index contributed by atoms with van der Waals surface area (Å²) >= 11 is 0. The second-order valence-corrected chi connectivity index (χ2v) is 2.67. The molecular formula is C7H12N2O. The standard InChI is InChI=1S/C7H12N2O/c1-6(2)9-5-3-4-8-7(9)10/h4,6H,3,5H2,1-2H3. The largest absolute Gasteiger partial charge is 0.343 e. The normalized spacial score (nSPS) is 18.7. The molecule has 0 aliphatic carbocycles. The quantitative estimate of drug-likeness (QED) is 0.540. The molecule has 1 aliphatic heterocycles. The van der Waals surface area contributed by atoms with Crippen LogP contribution < -0.4 is 0 Å². The lowest BCUT2D eigenvalue weighted by Gasteiger charge is -2.25. The minimum absolute atomic E-state index is 0.0961. The number of hydrogen-bond acceptors (Lipinski definition) is 1. The number of carbonyl (C=O) groups is 1. The highest BCUT2D eigenvalue weighted by Crippen LogP contribution is 2.05. The number of rotatable bonds is 1. The van der Waals surface area contributed by atoms with E-state index in [2.05, 4.69) is 4.99 Å². The van der Waals surface area contributed by atoms with Gasteiger partial charge in [0.25, 0.3) is 0 Å². The predicted octanol–water partition coefficient (Wildman–Crippen LogP) is 1.29. The van der Waals surface area contributed by atoms with Gasteiger partial charge < -0.3 is 4.90 Å². The van der Waals surface area contributed by atoms with Gasteiger partial charge in [0.15, 0.2) is 0 Å². The molecule has 0 unspecified atom stereocenters. The summed E-state index contributed by atoms with van der Waals surface area (Å²) in [4.78, 5) is 16.4. The molecule has 0 bridgehead atoms. The highest BCUT2D eigenvalue weighted by atomic mass is 16.2. The third-order valence-corrected chi connectivity index (χ3v) is 1.57. The zero-order valence-electron chi connectivity index (χ0n) is 6.37. The van der Waals surface area contributed by atoms with E-state index in [0.29, 0.717) is 0 Å². The van der Waals surface area contributed by atoms with E-state index in [1.165, 1.54) is 0 Å². The first-order chi connectivity index (χ1) is 4.72. The molecule has 0 fully saturated rings. The Labute approximate surface area is 60.7 Å². The minimum Gasteiger partial charge on any atom is -0.320 e. The second-order valence-electron chi connectivity index (χ2n) is 2.67. The van der Waals surface area contributed by atoms with Crippen LogP contribution in [0, 0.1) is 0 Å². The molecule has 3 heteroatoms. The third-order valence-electron chi connectivity index (χ3n) is 1.57. The molecular weight excluding hydrogens is 128 g/mol. The molecule has 0 radical (unpaired) electrons. The average Bonchev–Trinajstić information content (AvgIpc) is 1.88. The molecule has 0 aromatic heterocycles. The van der Waals surface area contributed by atoms with Crippen LogP contribution in [-0.2, 0) is 0 Å². The summed E-state index contributed by atoms with van der Waals surface area (Å²) in [5, 5.41) is 0. The van der Waals surface area contributed by atoms with E-state index in [1.807, 2.05) is 13.8 Å². The van der Waals surface area contributed by atoms with Crippen LogP contribution in [0.5, 0.6) is 0 Å². The SMILES string of the molecule is CC(C)N1CCC=NC1=O. The fourth-order valence-electron chi connectivity index (χ4n) is 0.988. The lowest BCUT2D eigenvalue weighted by molar-refractivity contribution is 0.193. The van der Waals surface area contributed by atoms with Crippen LogP contribution in [0.2, 0.25) is 0 Å². The molecule has 10 heavy (non-hydrogen) atoms. The van der Waals surface area contributed by atoms with Gasteiger partial charge in [-0.1, -0.05) is 0 Å². The Morgan fingerprint density at radius 1 is 1.70 bits per heavy atom.